The standard InChI is InChI=1S/2C23H18Cl2N6O3/c1-12-18-19(28-31(12)16-9-26-23(34-3)27-10-16)20(13-4-6-14(24)7-5-13)30(22(18)33)15-8-17(25)21(32)29(2)11-15;1-12-18-20(31(28-12)16-9-26-23(34-3)27-10-16)19(13-4-6-14(24)7-5-13)30(22(18)33)15-8-17(25)21(32)29(2)11-15/h4-11,20H,1-3H3;4-11,19H,1-3H3. The summed E-state index contributed by atoms with van der Waals surface area (Å²) in [6, 6.07) is 16.7. The van der Waals surface area contributed by atoms with E-state index in [-0.39, 0.29) is 45.0 Å². The monoisotopic (exact) mass is 992 g/mol. The molecule has 8 aromatic rings. The normalized spacial score (nSPS) is 15.0. The van der Waals surface area contributed by atoms with Crippen molar-refractivity contribution in [2.45, 2.75) is 25.9 Å². The second kappa shape index (κ2) is 18.0. The molecule has 0 fully saturated rings. The molecule has 0 radical (unpaired) electrons. The topological polar surface area (TPSA) is 190 Å². The molecule has 344 valence electrons. The number of aromatic nitrogens is 10. The number of benzene rings is 2. The van der Waals surface area contributed by atoms with Crippen LogP contribution in [0.15, 0.2) is 107 Å². The minimum absolute atomic E-state index is 0.0144. The fourth-order valence-electron chi connectivity index (χ4n) is 8.27. The molecule has 2 unspecified atom stereocenters. The highest BCUT2D eigenvalue weighted by molar-refractivity contribution is 6.31. The third-order valence-electron chi connectivity index (χ3n) is 11.4. The fraction of sp³-hybridized carbons (Fsp3) is 0.174. The lowest BCUT2D eigenvalue weighted by atomic mass is 10.0. The predicted octanol–water partition coefficient (Wildman–Crippen LogP) is 7.47. The summed E-state index contributed by atoms with van der Waals surface area (Å²) in [6.45, 7) is 3.58. The maximum absolute atomic E-state index is 13.8. The van der Waals surface area contributed by atoms with Crippen molar-refractivity contribution in [3.8, 4) is 23.4 Å². The molecule has 68 heavy (non-hydrogen) atoms. The second-order valence-corrected chi connectivity index (χ2v) is 17.2. The van der Waals surface area contributed by atoms with Gasteiger partial charge in [0.15, 0.2) is 0 Å². The Morgan fingerprint density at radius 1 is 0.544 bits per heavy atom. The first-order valence-electron chi connectivity index (χ1n) is 20.4. The minimum atomic E-state index is -0.573. The molecular weight excluding hydrogens is 958 g/mol. The number of aryl methyl sites for hydroxylation is 3. The van der Waals surface area contributed by atoms with Gasteiger partial charge in [0.1, 0.15) is 39.2 Å². The Kier molecular flexibility index (Phi) is 12.1. The first-order valence-corrected chi connectivity index (χ1v) is 21.9. The number of hydrogen-bond acceptors (Lipinski definition) is 12. The quantitative estimate of drug-likeness (QED) is 0.146. The van der Waals surface area contributed by atoms with Crippen molar-refractivity contribution in [2.75, 3.05) is 24.0 Å². The molecule has 0 N–H and O–H groups in total. The van der Waals surface area contributed by atoms with Gasteiger partial charge in [0, 0.05) is 36.5 Å². The Balaban J connectivity index is 0.000000170. The summed E-state index contributed by atoms with van der Waals surface area (Å²) in [6.07, 6.45) is 9.48. The van der Waals surface area contributed by atoms with Gasteiger partial charge in [0.2, 0.25) is 0 Å². The van der Waals surface area contributed by atoms with Crippen LogP contribution in [0.1, 0.15) is 66.7 Å². The van der Waals surface area contributed by atoms with Gasteiger partial charge in [-0.2, -0.15) is 10.2 Å². The van der Waals surface area contributed by atoms with Crippen LogP contribution in [-0.2, 0) is 14.1 Å². The number of amides is 2. The van der Waals surface area contributed by atoms with Gasteiger partial charge < -0.3 is 18.6 Å². The molecule has 2 amide bonds. The summed E-state index contributed by atoms with van der Waals surface area (Å²) >= 11 is 24.6. The molecule has 2 aromatic carbocycles. The van der Waals surface area contributed by atoms with Crippen LogP contribution in [0.25, 0.3) is 11.4 Å². The van der Waals surface area contributed by atoms with E-state index in [1.165, 1.54) is 35.5 Å². The van der Waals surface area contributed by atoms with Crippen molar-refractivity contribution in [3.63, 3.8) is 0 Å². The summed E-state index contributed by atoms with van der Waals surface area (Å²) in [5.74, 6) is -0.523. The Morgan fingerprint density at radius 2 is 0.971 bits per heavy atom. The number of rotatable bonds is 8. The highest BCUT2D eigenvalue weighted by atomic mass is 35.5. The van der Waals surface area contributed by atoms with E-state index in [4.69, 9.17) is 61.0 Å². The van der Waals surface area contributed by atoms with Crippen molar-refractivity contribution in [1.29, 1.82) is 0 Å². The van der Waals surface area contributed by atoms with Gasteiger partial charge in [-0.15, -0.1) is 0 Å². The number of carbonyl (C=O) groups excluding carboxylic acids is 2. The first kappa shape index (κ1) is 45.8. The molecule has 0 saturated heterocycles. The Labute approximate surface area is 406 Å². The maximum Gasteiger partial charge on any atom is 0.316 e. The molecule has 0 bridgehead atoms. The number of nitrogens with zero attached hydrogens (tertiary/aromatic N) is 12. The van der Waals surface area contributed by atoms with Crippen LogP contribution in [0.5, 0.6) is 12.0 Å². The van der Waals surface area contributed by atoms with Crippen molar-refractivity contribution >= 4 is 69.6 Å². The lowest BCUT2D eigenvalue weighted by Gasteiger charge is -2.27. The SMILES string of the molecule is COc1ncc(-n2nc(C)c3c2C(c2ccc(Cl)cc2)N(c2cc(Cl)c(=O)n(C)c2)C3=O)cn1.COc1ncc(-n2nc3c(c2C)C(=O)N(c2cc(Cl)c(=O)n(C)c2)C3c2ccc(Cl)cc2)cn1. The van der Waals surface area contributed by atoms with E-state index < -0.39 is 12.1 Å². The number of halogens is 4. The van der Waals surface area contributed by atoms with Crippen LogP contribution >= 0.6 is 46.4 Å². The van der Waals surface area contributed by atoms with Crippen LogP contribution in [0, 0.1) is 13.8 Å². The lowest BCUT2D eigenvalue weighted by molar-refractivity contribution is 0.0984. The van der Waals surface area contributed by atoms with Crippen molar-refractivity contribution in [2.24, 2.45) is 14.1 Å². The molecule has 2 atom stereocenters. The van der Waals surface area contributed by atoms with E-state index in [1.807, 2.05) is 31.2 Å². The van der Waals surface area contributed by atoms with E-state index in [1.54, 1.807) is 102 Å². The third-order valence-corrected chi connectivity index (χ3v) is 12.4. The first-order chi connectivity index (χ1) is 32.6. The van der Waals surface area contributed by atoms with E-state index >= 15 is 0 Å². The van der Waals surface area contributed by atoms with Crippen LogP contribution in [0.2, 0.25) is 20.1 Å². The number of anilines is 2. The third kappa shape index (κ3) is 7.93. The summed E-state index contributed by atoms with van der Waals surface area (Å²) in [5, 5.41) is 10.6. The smallest absolute Gasteiger partial charge is 0.316 e. The molecule has 0 aliphatic carbocycles. The molecule has 6 aromatic heterocycles. The van der Waals surface area contributed by atoms with Crippen molar-refractivity contribution in [1.82, 2.24) is 48.6 Å². The van der Waals surface area contributed by atoms with Gasteiger partial charge in [-0.3, -0.25) is 29.0 Å². The van der Waals surface area contributed by atoms with Gasteiger partial charge >= 0.3 is 12.0 Å². The molecule has 2 aliphatic rings. The van der Waals surface area contributed by atoms with Crippen molar-refractivity contribution in [3.05, 3.63) is 184 Å². The lowest BCUT2D eigenvalue weighted by Crippen LogP contribution is -2.31. The molecule has 0 spiro atoms. The zero-order valence-electron chi connectivity index (χ0n) is 36.7. The molecule has 18 nitrogen and oxygen atoms in total. The molecule has 2 aliphatic heterocycles. The average Bonchev–Trinajstić information content (AvgIpc) is 4.05. The second-order valence-electron chi connectivity index (χ2n) is 15.6. The van der Waals surface area contributed by atoms with Crippen LogP contribution in [-0.4, -0.2) is 74.7 Å². The molecule has 10 rings (SSSR count). The summed E-state index contributed by atoms with van der Waals surface area (Å²) in [7, 11) is 6.14. The Morgan fingerprint density at radius 3 is 1.43 bits per heavy atom. The van der Waals surface area contributed by atoms with Gasteiger partial charge in [0.25, 0.3) is 22.9 Å². The number of pyridine rings is 2. The summed E-state index contributed by atoms with van der Waals surface area (Å²) in [5.41, 5.74) is 6.32. The van der Waals surface area contributed by atoms with Gasteiger partial charge in [-0.1, -0.05) is 70.7 Å². The van der Waals surface area contributed by atoms with E-state index in [2.05, 4.69) is 25.0 Å². The Bertz CT molecular complexity index is 3350. The van der Waals surface area contributed by atoms with Crippen LogP contribution < -0.4 is 30.4 Å². The van der Waals surface area contributed by atoms with Gasteiger partial charge in [-0.25, -0.2) is 29.3 Å². The molecule has 8 heterocycles. The number of fused-ring (bicyclic) bond motifs is 2. The van der Waals surface area contributed by atoms with Crippen molar-refractivity contribution < 1.29 is 19.1 Å². The predicted molar refractivity (Wildman–Crippen MR) is 254 cm³/mol. The minimum Gasteiger partial charge on any atom is -0.467 e. The van der Waals surface area contributed by atoms with E-state index in [9.17, 15) is 19.2 Å². The average molecular weight is 995 g/mol. The zero-order valence-corrected chi connectivity index (χ0v) is 39.7. The van der Waals surface area contributed by atoms with Crippen LogP contribution in [0.4, 0.5) is 11.4 Å². The zero-order chi connectivity index (χ0) is 48.3. The van der Waals surface area contributed by atoms with E-state index in [0.29, 0.717) is 66.7 Å². The highest BCUT2D eigenvalue weighted by Crippen LogP contribution is 2.45. The number of ether oxygens (including phenoxy) is 2. The number of carbonyl (C=O) groups is 2. The van der Waals surface area contributed by atoms with Crippen LogP contribution in [0.3, 0.4) is 0 Å². The summed E-state index contributed by atoms with van der Waals surface area (Å²) < 4.78 is 16.1. The molecular formula is C46H36Cl4N12O6. The number of methoxy groups -OCH3 is 2. The Hall–Kier alpha value is -7.38. The maximum atomic E-state index is 13.8. The molecule has 0 saturated carbocycles. The largest absolute Gasteiger partial charge is 0.467 e. The number of hydrogen-bond donors (Lipinski definition) is 0. The van der Waals surface area contributed by atoms with Gasteiger partial charge in [0.05, 0.1) is 78.6 Å². The highest BCUT2D eigenvalue weighted by Gasteiger charge is 2.46. The fourth-order valence-corrected chi connectivity index (χ4v) is 9.01. The summed E-state index contributed by atoms with van der Waals surface area (Å²) in [4.78, 5) is 71.8. The van der Waals surface area contributed by atoms with Gasteiger partial charge in [-0.05, 0) is 61.4 Å². The molecule has 22 heteroatoms. The van der Waals surface area contributed by atoms with E-state index in [0.717, 1.165) is 11.1 Å².